The van der Waals surface area contributed by atoms with Crippen LogP contribution in [-0.2, 0) is 17.4 Å². The molecule has 1 saturated carbocycles. The molecule has 2 heteroatoms. The topological polar surface area (TPSA) is 23.5 Å². The summed E-state index contributed by atoms with van der Waals surface area (Å²) in [5.41, 5.74) is 3.51. The van der Waals surface area contributed by atoms with E-state index >= 15 is 0 Å². The lowest BCUT2D eigenvalue weighted by molar-refractivity contribution is 0.182. The Morgan fingerprint density at radius 3 is 2.04 bits per heavy atom. The maximum Gasteiger partial charge on any atom is 0.123 e. The summed E-state index contributed by atoms with van der Waals surface area (Å²) < 4.78 is 0. The van der Waals surface area contributed by atoms with Crippen LogP contribution in [0.4, 0.5) is 0 Å². The van der Waals surface area contributed by atoms with Gasteiger partial charge in [-0.3, -0.25) is 4.90 Å². The fourth-order valence-corrected chi connectivity index (χ4v) is 3.74. The summed E-state index contributed by atoms with van der Waals surface area (Å²) in [7, 11) is 2.22. The Morgan fingerprint density at radius 2 is 1.54 bits per heavy atom. The van der Waals surface area contributed by atoms with Gasteiger partial charge in [0.15, 0.2) is 0 Å². The molecule has 1 fully saturated rings. The van der Waals surface area contributed by atoms with Crippen LogP contribution in [0, 0.1) is 0 Å². The second-order valence-electron chi connectivity index (χ2n) is 9.74. The molecule has 2 rings (SSSR count). The molecular formula is C22H37NO. The van der Waals surface area contributed by atoms with Gasteiger partial charge in [0.1, 0.15) is 5.75 Å². The molecule has 0 heterocycles. The number of phenols is 1. The molecule has 1 aliphatic carbocycles. The van der Waals surface area contributed by atoms with Gasteiger partial charge in [-0.1, -0.05) is 72.9 Å². The predicted molar refractivity (Wildman–Crippen MR) is 104 cm³/mol. The molecule has 0 saturated heterocycles. The molecule has 0 radical (unpaired) electrons. The Bertz CT molecular complexity index is 557. The summed E-state index contributed by atoms with van der Waals surface area (Å²) in [6.07, 6.45) is 6.65. The van der Waals surface area contributed by atoms with Crippen molar-refractivity contribution in [1.82, 2.24) is 4.90 Å². The molecule has 0 aromatic heterocycles. The van der Waals surface area contributed by atoms with E-state index in [-0.39, 0.29) is 10.8 Å². The number of hydrogen-bond donors (Lipinski definition) is 1. The normalized spacial score (nSPS) is 17.5. The van der Waals surface area contributed by atoms with Gasteiger partial charge < -0.3 is 5.11 Å². The fourth-order valence-electron chi connectivity index (χ4n) is 3.74. The maximum absolute atomic E-state index is 10.9. The van der Waals surface area contributed by atoms with Crippen LogP contribution in [-0.4, -0.2) is 23.1 Å². The Kier molecular flexibility index (Phi) is 5.69. The molecule has 0 aliphatic heterocycles. The molecular weight excluding hydrogens is 294 g/mol. The van der Waals surface area contributed by atoms with E-state index in [4.69, 9.17) is 0 Å². The van der Waals surface area contributed by atoms with Gasteiger partial charge in [0.05, 0.1) is 0 Å². The van der Waals surface area contributed by atoms with Gasteiger partial charge in [-0.05, 0) is 41.8 Å². The summed E-state index contributed by atoms with van der Waals surface area (Å²) in [5, 5.41) is 10.9. The Balaban J connectivity index is 2.37. The van der Waals surface area contributed by atoms with E-state index in [0.717, 1.165) is 17.7 Å². The zero-order chi connectivity index (χ0) is 18.1. The SMILES string of the molecule is CN(Cc1cc(C(C)(C)C)cc(C(C)(C)C)c1O)C1CCCCC1. The van der Waals surface area contributed by atoms with Gasteiger partial charge in [0.25, 0.3) is 0 Å². The molecule has 1 aromatic carbocycles. The minimum atomic E-state index is -0.0521. The molecule has 0 atom stereocenters. The highest BCUT2D eigenvalue weighted by atomic mass is 16.3. The first kappa shape index (κ1) is 19.3. The lowest BCUT2D eigenvalue weighted by Gasteiger charge is -2.33. The van der Waals surface area contributed by atoms with Gasteiger partial charge >= 0.3 is 0 Å². The van der Waals surface area contributed by atoms with Crippen molar-refractivity contribution in [2.24, 2.45) is 0 Å². The Labute approximate surface area is 149 Å². The van der Waals surface area contributed by atoms with Crippen molar-refractivity contribution < 1.29 is 5.11 Å². The van der Waals surface area contributed by atoms with E-state index < -0.39 is 0 Å². The fraction of sp³-hybridized carbons (Fsp3) is 0.727. The van der Waals surface area contributed by atoms with E-state index in [0.29, 0.717) is 11.8 Å². The van der Waals surface area contributed by atoms with E-state index in [2.05, 4.69) is 65.6 Å². The first-order valence-electron chi connectivity index (χ1n) is 9.57. The third kappa shape index (κ3) is 4.53. The molecule has 24 heavy (non-hydrogen) atoms. The second kappa shape index (κ2) is 7.07. The van der Waals surface area contributed by atoms with Crippen LogP contribution >= 0.6 is 0 Å². The molecule has 0 amide bonds. The minimum absolute atomic E-state index is 0.0521. The van der Waals surface area contributed by atoms with Crippen molar-refractivity contribution in [1.29, 1.82) is 0 Å². The van der Waals surface area contributed by atoms with Crippen molar-refractivity contribution in [3.05, 3.63) is 28.8 Å². The monoisotopic (exact) mass is 331 g/mol. The summed E-state index contributed by atoms with van der Waals surface area (Å²) in [6, 6.07) is 5.10. The van der Waals surface area contributed by atoms with Gasteiger partial charge in [0, 0.05) is 18.2 Å². The van der Waals surface area contributed by atoms with Gasteiger partial charge in [-0.15, -0.1) is 0 Å². The Morgan fingerprint density at radius 1 is 0.958 bits per heavy atom. The number of phenolic OH excluding ortho intramolecular Hbond substituents is 1. The first-order valence-corrected chi connectivity index (χ1v) is 9.57. The van der Waals surface area contributed by atoms with Crippen LogP contribution in [0.1, 0.15) is 90.3 Å². The van der Waals surface area contributed by atoms with Crippen LogP contribution in [0.5, 0.6) is 5.75 Å². The maximum atomic E-state index is 10.9. The van der Waals surface area contributed by atoms with E-state index in [1.165, 1.54) is 37.7 Å². The third-order valence-electron chi connectivity index (χ3n) is 5.48. The van der Waals surface area contributed by atoms with Crippen molar-refractivity contribution in [3.63, 3.8) is 0 Å². The van der Waals surface area contributed by atoms with Crippen LogP contribution in [0.25, 0.3) is 0 Å². The van der Waals surface area contributed by atoms with E-state index in [9.17, 15) is 5.11 Å². The second-order valence-corrected chi connectivity index (χ2v) is 9.74. The van der Waals surface area contributed by atoms with Crippen molar-refractivity contribution in [2.75, 3.05) is 7.05 Å². The number of benzene rings is 1. The molecule has 0 bridgehead atoms. The highest BCUT2D eigenvalue weighted by Crippen LogP contribution is 2.38. The van der Waals surface area contributed by atoms with E-state index in [1.54, 1.807) is 0 Å². The largest absolute Gasteiger partial charge is 0.507 e. The molecule has 1 aliphatic rings. The predicted octanol–water partition coefficient (Wildman–Crippen LogP) is 5.75. The molecule has 1 aromatic rings. The lowest BCUT2D eigenvalue weighted by Crippen LogP contribution is -2.33. The molecule has 136 valence electrons. The first-order chi connectivity index (χ1) is 11.0. The zero-order valence-electron chi connectivity index (χ0n) is 16.9. The molecule has 2 nitrogen and oxygen atoms in total. The quantitative estimate of drug-likeness (QED) is 0.762. The summed E-state index contributed by atoms with van der Waals surface area (Å²) in [5.74, 6) is 0.498. The average molecular weight is 332 g/mol. The summed E-state index contributed by atoms with van der Waals surface area (Å²) in [6.45, 7) is 14.1. The lowest BCUT2D eigenvalue weighted by atomic mass is 9.79. The summed E-state index contributed by atoms with van der Waals surface area (Å²) >= 11 is 0. The number of hydrogen-bond acceptors (Lipinski definition) is 2. The summed E-state index contributed by atoms with van der Waals surface area (Å²) in [4.78, 5) is 2.45. The van der Waals surface area contributed by atoms with Crippen molar-refractivity contribution in [3.8, 4) is 5.75 Å². The standard InChI is InChI=1S/C22H37NO/c1-21(2,3)17-13-16(20(24)19(14-17)22(4,5)6)15-23(7)18-11-9-8-10-12-18/h13-14,18,24H,8-12,15H2,1-7H3. The molecule has 1 N–H and O–H groups in total. The van der Waals surface area contributed by atoms with Crippen LogP contribution < -0.4 is 0 Å². The Hall–Kier alpha value is -1.02. The smallest absolute Gasteiger partial charge is 0.123 e. The van der Waals surface area contributed by atoms with Crippen molar-refractivity contribution in [2.45, 2.75) is 97.1 Å². The van der Waals surface area contributed by atoms with Crippen LogP contribution in [0.2, 0.25) is 0 Å². The van der Waals surface area contributed by atoms with Crippen LogP contribution in [0.15, 0.2) is 12.1 Å². The highest BCUT2D eigenvalue weighted by Gasteiger charge is 2.26. The molecule has 0 unspecified atom stereocenters. The molecule has 0 spiro atoms. The number of aromatic hydroxyl groups is 1. The third-order valence-corrected chi connectivity index (χ3v) is 5.48. The van der Waals surface area contributed by atoms with Crippen LogP contribution in [0.3, 0.4) is 0 Å². The minimum Gasteiger partial charge on any atom is -0.507 e. The number of rotatable bonds is 3. The van der Waals surface area contributed by atoms with Gasteiger partial charge in [-0.25, -0.2) is 0 Å². The van der Waals surface area contributed by atoms with Gasteiger partial charge in [-0.2, -0.15) is 0 Å². The number of nitrogens with zero attached hydrogens (tertiary/aromatic N) is 1. The van der Waals surface area contributed by atoms with E-state index in [1.807, 2.05) is 0 Å². The van der Waals surface area contributed by atoms with Crippen molar-refractivity contribution >= 4 is 0 Å². The average Bonchev–Trinajstić information content (AvgIpc) is 2.47. The highest BCUT2D eigenvalue weighted by molar-refractivity contribution is 5.48. The van der Waals surface area contributed by atoms with Gasteiger partial charge in [0.2, 0.25) is 0 Å². The zero-order valence-corrected chi connectivity index (χ0v) is 16.9.